The van der Waals surface area contributed by atoms with E-state index in [9.17, 15) is 4.79 Å². The molecule has 1 aromatic rings. The van der Waals surface area contributed by atoms with Gasteiger partial charge >= 0.3 is 6.03 Å². The van der Waals surface area contributed by atoms with Crippen molar-refractivity contribution in [1.82, 2.24) is 10.3 Å². The first kappa shape index (κ1) is 14.0. The summed E-state index contributed by atoms with van der Waals surface area (Å²) in [6.07, 6.45) is 1.99. The van der Waals surface area contributed by atoms with Crippen molar-refractivity contribution in [2.24, 2.45) is 0 Å². The number of carbonyl (C=O) groups excluding carboxylic acids is 1. The smallest absolute Gasteiger partial charge is 0.320 e. The minimum absolute atomic E-state index is 0.112. The molecule has 1 rings (SSSR count). The van der Waals surface area contributed by atoms with Gasteiger partial charge in [-0.25, -0.2) is 9.78 Å². The fourth-order valence-electron chi connectivity index (χ4n) is 1.10. The van der Waals surface area contributed by atoms with Crippen LogP contribution in [0.4, 0.5) is 10.6 Å². The number of hydrogen-bond acceptors (Lipinski definition) is 3. The van der Waals surface area contributed by atoms with Gasteiger partial charge in [0.15, 0.2) is 0 Å². The Morgan fingerprint density at radius 2 is 2.24 bits per heavy atom. The van der Waals surface area contributed by atoms with Crippen molar-refractivity contribution in [1.29, 1.82) is 0 Å². The minimum Gasteiger partial charge on any atom is -0.394 e. The number of halogens is 2. The van der Waals surface area contributed by atoms with Gasteiger partial charge < -0.3 is 10.4 Å². The molecule has 0 radical (unpaired) electrons. The number of aromatic nitrogens is 1. The number of nitrogens with zero attached hydrogens (tertiary/aromatic N) is 1. The molecule has 0 unspecified atom stereocenters. The Bertz CT molecular complexity index is 397. The summed E-state index contributed by atoms with van der Waals surface area (Å²) in [7, 11) is 0. The van der Waals surface area contributed by atoms with Crippen molar-refractivity contribution in [3.8, 4) is 0 Å². The fraction of sp³-hybridized carbons (Fsp3) is 0.400. The number of aliphatic hydroxyl groups is 1. The van der Waals surface area contributed by atoms with Crippen molar-refractivity contribution in [2.75, 3.05) is 11.9 Å². The Morgan fingerprint density at radius 1 is 1.53 bits per heavy atom. The van der Waals surface area contributed by atoms with E-state index >= 15 is 0 Å². The van der Waals surface area contributed by atoms with Crippen LogP contribution in [-0.4, -0.2) is 28.8 Å². The van der Waals surface area contributed by atoms with Crippen LogP contribution in [0.2, 0.25) is 10.0 Å². The molecule has 17 heavy (non-hydrogen) atoms. The lowest BCUT2D eigenvalue weighted by Crippen LogP contribution is -2.39. The lowest BCUT2D eigenvalue weighted by Gasteiger charge is -2.14. The number of rotatable bonds is 4. The van der Waals surface area contributed by atoms with E-state index in [1.807, 2.05) is 6.92 Å². The number of urea groups is 1. The Labute approximate surface area is 109 Å². The Morgan fingerprint density at radius 3 is 2.76 bits per heavy atom. The van der Waals surface area contributed by atoms with Crippen LogP contribution in [0.3, 0.4) is 0 Å². The zero-order valence-electron chi connectivity index (χ0n) is 9.20. The molecule has 94 valence electrons. The SMILES string of the molecule is CC[C@H](CO)NC(=O)Nc1cc(Cl)c(Cl)cn1. The van der Waals surface area contributed by atoms with E-state index in [1.54, 1.807) is 0 Å². The number of nitrogens with one attached hydrogen (secondary N) is 2. The molecule has 0 aromatic carbocycles. The molecule has 0 spiro atoms. The van der Waals surface area contributed by atoms with E-state index in [0.29, 0.717) is 22.3 Å². The highest BCUT2D eigenvalue weighted by Crippen LogP contribution is 2.22. The van der Waals surface area contributed by atoms with Crippen LogP contribution in [0, 0.1) is 0 Å². The number of hydrogen-bond donors (Lipinski definition) is 3. The van der Waals surface area contributed by atoms with E-state index in [2.05, 4.69) is 15.6 Å². The predicted octanol–water partition coefficient (Wildman–Crippen LogP) is 2.28. The van der Waals surface area contributed by atoms with Crippen LogP contribution in [-0.2, 0) is 0 Å². The second-order valence-electron chi connectivity index (χ2n) is 3.37. The summed E-state index contributed by atoms with van der Waals surface area (Å²) in [5, 5.41) is 14.6. The molecule has 5 nitrogen and oxygen atoms in total. The first-order chi connectivity index (χ1) is 8.06. The van der Waals surface area contributed by atoms with Gasteiger partial charge in [-0.3, -0.25) is 5.32 Å². The van der Waals surface area contributed by atoms with Gasteiger partial charge in [0.05, 0.1) is 22.7 Å². The minimum atomic E-state index is -0.447. The molecule has 0 fully saturated rings. The summed E-state index contributed by atoms with van der Waals surface area (Å²) in [6, 6.07) is 0.721. The molecule has 0 aliphatic rings. The third-order valence-corrected chi connectivity index (χ3v) is 2.81. The van der Waals surface area contributed by atoms with Crippen LogP contribution in [0.1, 0.15) is 13.3 Å². The van der Waals surface area contributed by atoms with Crippen molar-refractivity contribution in [2.45, 2.75) is 19.4 Å². The number of carbonyl (C=O) groups is 1. The zero-order chi connectivity index (χ0) is 12.8. The van der Waals surface area contributed by atoms with Crippen LogP contribution >= 0.6 is 23.2 Å². The van der Waals surface area contributed by atoms with E-state index in [4.69, 9.17) is 28.3 Å². The van der Waals surface area contributed by atoms with E-state index in [1.165, 1.54) is 12.3 Å². The summed E-state index contributed by atoms with van der Waals surface area (Å²) in [6.45, 7) is 1.75. The van der Waals surface area contributed by atoms with E-state index in [-0.39, 0.29) is 12.6 Å². The molecular weight excluding hydrogens is 265 g/mol. The molecule has 0 bridgehead atoms. The maximum Gasteiger partial charge on any atom is 0.320 e. The molecule has 2 amide bonds. The number of anilines is 1. The van der Waals surface area contributed by atoms with E-state index in [0.717, 1.165) is 0 Å². The summed E-state index contributed by atoms with van der Waals surface area (Å²) < 4.78 is 0. The highest BCUT2D eigenvalue weighted by Gasteiger charge is 2.10. The quantitative estimate of drug-likeness (QED) is 0.791. The third kappa shape index (κ3) is 4.38. The molecule has 0 saturated heterocycles. The molecule has 1 heterocycles. The third-order valence-electron chi connectivity index (χ3n) is 2.10. The molecule has 0 aliphatic carbocycles. The van der Waals surface area contributed by atoms with Gasteiger partial charge in [-0.2, -0.15) is 0 Å². The zero-order valence-corrected chi connectivity index (χ0v) is 10.7. The maximum atomic E-state index is 11.5. The second kappa shape index (κ2) is 6.64. The Kier molecular flexibility index (Phi) is 5.47. The normalized spacial score (nSPS) is 12.0. The van der Waals surface area contributed by atoms with Gasteiger partial charge in [0, 0.05) is 12.3 Å². The number of pyridine rings is 1. The summed E-state index contributed by atoms with van der Waals surface area (Å²) in [5.74, 6) is 0.296. The topological polar surface area (TPSA) is 74.2 Å². The maximum absolute atomic E-state index is 11.5. The summed E-state index contributed by atoms with van der Waals surface area (Å²) >= 11 is 11.5. The first-order valence-corrected chi connectivity index (χ1v) is 5.81. The Balaban J connectivity index is 2.58. The van der Waals surface area contributed by atoms with Gasteiger partial charge in [-0.1, -0.05) is 30.1 Å². The summed E-state index contributed by atoms with van der Waals surface area (Å²) in [5.41, 5.74) is 0. The van der Waals surface area contributed by atoms with Crippen LogP contribution in [0.15, 0.2) is 12.3 Å². The number of amides is 2. The molecule has 1 atom stereocenters. The molecule has 7 heteroatoms. The largest absolute Gasteiger partial charge is 0.394 e. The monoisotopic (exact) mass is 277 g/mol. The van der Waals surface area contributed by atoms with Crippen molar-refractivity contribution < 1.29 is 9.90 Å². The van der Waals surface area contributed by atoms with Gasteiger partial charge in [0.2, 0.25) is 0 Å². The standard InChI is InChI=1S/C10H13Cl2N3O2/c1-2-6(5-16)14-10(17)15-9-3-7(11)8(12)4-13-9/h3-4,6,16H,2,5H2,1H3,(H2,13,14,15,17)/t6-/m1/s1. The van der Waals surface area contributed by atoms with Gasteiger partial charge in [0.1, 0.15) is 5.82 Å². The lowest BCUT2D eigenvalue weighted by atomic mass is 10.2. The lowest BCUT2D eigenvalue weighted by molar-refractivity contribution is 0.222. The highest BCUT2D eigenvalue weighted by molar-refractivity contribution is 6.42. The summed E-state index contributed by atoms with van der Waals surface area (Å²) in [4.78, 5) is 15.4. The molecule has 0 saturated carbocycles. The van der Waals surface area contributed by atoms with Crippen molar-refractivity contribution in [3.63, 3.8) is 0 Å². The number of aliphatic hydroxyl groups excluding tert-OH is 1. The molecule has 3 N–H and O–H groups in total. The van der Waals surface area contributed by atoms with Crippen molar-refractivity contribution >= 4 is 35.1 Å². The fourth-order valence-corrected chi connectivity index (χ4v) is 1.35. The molecule has 0 aliphatic heterocycles. The van der Waals surface area contributed by atoms with Crippen LogP contribution in [0.25, 0.3) is 0 Å². The first-order valence-electron chi connectivity index (χ1n) is 5.06. The van der Waals surface area contributed by atoms with Gasteiger partial charge in [-0.15, -0.1) is 0 Å². The van der Waals surface area contributed by atoms with Crippen LogP contribution in [0.5, 0.6) is 0 Å². The van der Waals surface area contributed by atoms with Crippen molar-refractivity contribution in [3.05, 3.63) is 22.3 Å². The van der Waals surface area contributed by atoms with Crippen LogP contribution < -0.4 is 10.6 Å². The predicted molar refractivity (Wildman–Crippen MR) is 67.6 cm³/mol. The Hall–Kier alpha value is -1.04. The highest BCUT2D eigenvalue weighted by atomic mass is 35.5. The van der Waals surface area contributed by atoms with Gasteiger partial charge in [-0.05, 0) is 6.42 Å². The second-order valence-corrected chi connectivity index (χ2v) is 4.18. The van der Waals surface area contributed by atoms with Gasteiger partial charge in [0.25, 0.3) is 0 Å². The van der Waals surface area contributed by atoms with E-state index < -0.39 is 6.03 Å². The average molecular weight is 278 g/mol. The molecule has 1 aromatic heterocycles. The molecular formula is C10H13Cl2N3O2. The average Bonchev–Trinajstić information content (AvgIpc) is 2.31.